The number of halogens is 1. The van der Waals surface area contributed by atoms with Gasteiger partial charge in [0.2, 0.25) is 0 Å². The zero-order valence-electron chi connectivity index (χ0n) is 11.4. The summed E-state index contributed by atoms with van der Waals surface area (Å²) in [5, 5.41) is 3.58. The Morgan fingerprint density at radius 2 is 2.21 bits per heavy atom. The predicted molar refractivity (Wildman–Crippen MR) is 82.2 cm³/mol. The van der Waals surface area contributed by atoms with Crippen molar-refractivity contribution >= 4 is 30.1 Å². The van der Waals surface area contributed by atoms with Crippen LogP contribution in [0.1, 0.15) is 49.9 Å². The molecule has 4 heteroatoms. The number of benzene rings is 1. The first-order valence-corrected chi connectivity index (χ1v) is 7.49. The molecule has 2 nitrogen and oxygen atoms in total. The molecule has 1 saturated carbocycles. The highest BCUT2D eigenvalue weighted by molar-refractivity contribution is 7.80. The van der Waals surface area contributed by atoms with Gasteiger partial charge in [0, 0.05) is 10.9 Å². The summed E-state index contributed by atoms with van der Waals surface area (Å²) in [6, 6.07) is 5.46. The summed E-state index contributed by atoms with van der Waals surface area (Å²) in [5.74, 6) is -0.0939. The lowest BCUT2D eigenvalue weighted by atomic mass is 9.75. The molecule has 104 valence electrons. The first kappa shape index (κ1) is 14.7. The van der Waals surface area contributed by atoms with Crippen LogP contribution >= 0.6 is 24.2 Å². The van der Waals surface area contributed by atoms with Gasteiger partial charge in [0.1, 0.15) is 0 Å². The third kappa shape index (κ3) is 3.90. The van der Waals surface area contributed by atoms with Gasteiger partial charge in [0.15, 0.2) is 0 Å². The monoisotopic (exact) mass is 297 g/mol. The molecule has 1 aromatic rings. The molecular formula is C15H20ClNOS. The summed E-state index contributed by atoms with van der Waals surface area (Å²) >= 11 is 10.3. The van der Waals surface area contributed by atoms with Gasteiger partial charge < -0.3 is 5.32 Å². The van der Waals surface area contributed by atoms with Crippen molar-refractivity contribution in [3.05, 3.63) is 28.8 Å². The number of hydrogen-bond donors (Lipinski definition) is 2. The Morgan fingerprint density at radius 3 is 2.89 bits per heavy atom. The fourth-order valence-corrected chi connectivity index (χ4v) is 3.18. The normalized spacial score (nSPS) is 22.0. The number of thiol groups is 1. The van der Waals surface area contributed by atoms with E-state index in [0.29, 0.717) is 16.0 Å². The largest absolute Gasteiger partial charge is 0.349 e. The second kappa shape index (κ2) is 5.76. The number of amides is 1. The number of carbonyl (C=O) groups is 1. The Hall–Kier alpha value is -0.670. The molecule has 19 heavy (non-hydrogen) atoms. The van der Waals surface area contributed by atoms with Crippen LogP contribution in [-0.4, -0.2) is 11.9 Å². The van der Waals surface area contributed by atoms with Crippen LogP contribution in [0, 0.1) is 5.41 Å². The van der Waals surface area contributed by atoms with Crippen LogP contribution in [0.5, 0.6) is 0 Å². The molecule has 0 aliphatic heterocycles. The lowest BCUT2D eigenvalue weighted by Gasteiger charge is -2.35. The molecule has 1 amide bonds. The maximum atomic E-state index is 12.3. The van der Waals surface area contributed by atoms with Crippen LogP contribution in [0.2, 0.25) is 5.02 Å². The SMILES string of the molecule is CC1(C)CCCC(NC(=O)c2cc(S)ccc2Cl)C1. The number of nitrogens with one attached hydrogen (secondary N) is 1. The maximum absolute atomic E-state index is 12.3. The molecule has 1 N–H and O–H groups in total. The van der Waals surface area contributed by atoms with Crippen molar-refractivity contribution < 1.29 is 4.79 Å². The number of rotatable bonds is 2. The molecule has 0 saturated heterocycles. The molecule has 1 aliphatic rings. The summed E-state index contributed by atoms with van der Waals surface area (Å²) in [4.78, 5) is 13.0. The van der Waals surface area contributed by atoms with Crippen molar-refractivity contribution in [1.82, 2.24) is 5.32 Å². The van der Waals surface area contributed by atoms with E-state index < -0.39 is 0 Å². The van der Waals surface area contributed by atoms with E-state index in [1.54, 1.807) is 18.2 Å². The average Bonchev–Trinajstić information content (AvgIpc) is 2.31. The van der Waals surface area contributed by atoms with Crippen molar-refractivity contribution in [3.8, 4) is 0 Å². The molecule has 0 aromatic heterocycles. The van der Waals surface area contributed by atoms with Gasteiger partial charge in [-0.15, -0.1) is 12.6 Å². The van der Waals surface area contributed by atoms with Gasteiger partial charge >= 0.3 is 0 Å². The minimum Gasteiger partial charge on any atom is -0.349 e. The summed E-state index contributed by atoms with van der Waals surface area (Å²) in [5.41, 5.74) is 0.823. The summed E-state index contributed by atoms with van der Waals surface area (Å²) < 4.78 is 0. The highest BCUT2D eigenvalue weighted by Crippen LogP contribution is 2.35. The highest BCUT2D eigenvalue weighted by atomic mass is 35.5. The Bertz CT molecular complexity index is 487. The van der Waals surface area contributed by atoms with Crippen molar-refractivity contribution in [2.24, 2.45) is 5.41 Å². The van der Waals surface area contributed by atoms with Crippen LogP contribution in [0.4, 0.5) is 0 Å². The highest BCUT2D eigenvalue weighted by Gasteiger charge is 2.29. The maximum Gasteiger partial charge on any atom is 0.253 e. The Kier molecular flexibility index (Phi) is 4.46. The molecule has 2 rings (SSSR count). The molecule has 1 atom stereocenters. The molecule has 1 aliphatic carbocycles. The minimum atomic E-state index is -0.0939. The van der Waals surface area contributed by atoms with Crippen LogP contribution in [-0.2, 0) is 0 Å². The molecule has 0 heterocycles. The van der Waals surface area contributed by atoms with Gasteiger partial charge in [0.25, 0.3) is 5.91 Å². The third-order valence-corrected chi connectivity index (χ3v) is 4.34. The summed E-state index contributed by atoms with van der Waals surface area (Å²) in [6.07, 6.45) is 4.47. The Labute approximate surface area is 125 Å². The predicted octanol–water partition coefficient (Wildman–Crippen LogP) is 4.33. The Morgan fingerprint density at radius 1 is 1.47 bits per heavy atom. The zero-order chi connectivity index (χ0) is 14.0. The van der Waals surface area contributed by atoms with Gasteiger partial charge in [-0.25, -0.2) is 0 Å². The molecule has 1 fully saturated rings. The summed E-state index contributed by atoms with van der Waals surface area (Å²) in [6.45, 7) is 4.51. The second-order valence-corrected chi connectivity index (χ2v) is 7.02. The topological polar surface area (TPSA) is 29.1 Å². The minimum absolute atomic E-state index is 0.0939. The van der Waals surface area contributed by atoms with Crippen molar-refractivity contribution in [2.45, 2.75) is 50.5 Å². The van der Waals surface area contributed by atoms with E-state index in [2.05, 4.69) is 31.8 Å². The van der Waals surface area contributed by atoms with E-state index in [-0.39, 0.29) is 11.9 Å². The van der Waals surface area contributed by atoms with E-state index in [1.807, 2.05) is 0 Å². The lowest BCUT2D eigenvalue weighted by Crippen LogP contribution is -2.40. The molecular weight excluding hydrogens is 278 g/mol. The fourth-order valence-electron chi connectivity index (χ4n) is 2.77. The van der Waals surface area contributed by atoms with Crippen molar-refractivity contribution in [1.29, 1.82) is 0 Å². The van der Waals surface area contributed by atoms with Gasteiger partial charge in [-0.05, 0) is 42.9 Å². The van der Waals surface area contributed by atoms with Gasteiger partial charge in [-0.1, -0.05) is 31.9 Å². The van der Waals surface area contributed by atoms with E-state index in [1.165, 1.54) is 6.42 Å². The quantitative estimate of drug-likeness (QED) is 0.782. The van der Waals surface area contributed by atoms with E-state index in [4.69, 9.17) is 11.6 Å². The Balaban J connectivity index is 2.06. The van der Waals surface area contributed by atoms with Crippen LogP contribution in [0.3, 0.4) is 0 Å². The number of carbonyl (C=O) groups excluding carboxylic acids is 1. The third-order valence-electron chi connectivity index (χ3n) is 3.73. The van der Waals surface area contributed by atoms with Crippen LogP contribution < -0.4 is 5.32 Å². The standard InChI is InChI=1S/C15H20ClNOS/c1-15(2)7-3-4-10(9-15)17-14(18)12-8-11(19)5-6-13(12)16/h5-6,8,10,19H,3-4,7,9H2,1-2H3,(H,17,18). The van der Waals surface area contributed by atoms with Crippen LogP contribution in [0.25, 0.3) is 0 Å². The molecule has 0 spiro atoms. The lowest BCUT2D eigenvalue weighted by molar-refractivity contribution is 0.0902. The first-order valence-electron chi connectivity index (χ1n) is 6.67. The van der Waals surface area contributed by atoms with E-state index in [9.17, 15) is 4.79 Å². The second-order valence-electron chi connectivity index (χ2n) is 6.10. The molecule has 0 bridgehead atoms. The van der Waals surface area contributed by atoms with Gasteiger partial charge in [0.05, 0.1) is 10.6 Å². The molecule has 1 unspecified atom stereocenters. The summed E-state index contributed by atoms with van der Waals surface area (Å²) in [7, 11) is 0. The first-order chi connectivity index (χ1) is 8.87. The fraction of sp³-hybridized carbons (Fsp3) is 0.533. The molecule has 0 radical (unpaired) electrons. The number of hydrogen-bond acceptors (Lipinski definition) is 2. The van der Waals surface area contributed by atoms with E-state index >= 15 is 0 Å². The van der Waals surface area contributed by atoms with Crippen LogP contribution in [0.15, 0.2) is 23.1 Å². The zero-order valence-corrected chi connectivity index (χ0v) is 13.0. The van der Waals surface area contributed by atoms with E-state index in [0.717, 1.165) is 24.2 Å². The average molecular weight is 298 g/mol. The van der Waals surface area contributed by atoms with Crippen molar-refractivity contribution in [2.75, 3.05) is 0 Å². The smallest absolute Gasteiger partial charge is 0.253 e. The van der Waals surface area contributed by atoms with Crippen molar-refractivity contribution in [3.63, 3.8) is 0 Å². The molecule has 1 aromatic carbocycles. The van der Waals surface area contributed by atoms with Gasteiger partial charge in [-0.2, -0.15) is 0 Å². The van der Waals surface area contributed by atoms with Gasteiger partial charge in [-0.3, -0.25) is 4.79 Å².